The van der Waals surface area contributed by atoms with Crippen molar-refractivity contribution in [3.63, 3.8) is 0 Å². The van der Waals surface area contributed by atoms with E-state index in [2.05, 4.69) is 84.1 Å². The van der Waals surface area contributed by atoms with Crippen molar-refractivity contribution in [3.05, 3.63) is 107 Å². The molecule has 0 amide bonds. The summed E-state index contributed by atoms with van der Waals surface area (Å²) in [5.74, 6) is 0.852. The first-order valence-electron chi connectivity index (χ1n) is 12.0. The highest BCUT2D eigenvalue weighted by atomic mass is 32.1. The Labute approximate surface area is 212 Å². The maximum Gasteiger partial charge on any atom is 0.174 e. The van der Waals surface area contributed by atoms with Gasteiger partial charge in [-0.25, -0.2) is 0 Å². The number of thiocarbonyl (C=S) groups is 1. The van der Waals surface area contributed by atoms with Gasteiger partial charge in [-0.2, -0.15) is 0 Å². The van der Waals surface area contributed by atoms with Crippen LogP contribution in [0.3, 0.4) is 0 Å². The summed E-state index contributed by atoms with van der Waals surface area (Å²) in [6, 6.07) is 24.6. The van der Waals surface area contributed by atoms with E-state index in [1.54, 1.807) is 0 Å². The molecule has 1 fully saturated rings. The molecular weight excluding hydrogens is 452 g/mol. The van der Waals surface area contributed by atoms with Crippen molar-refractivity contribution in [1.29, 1.82) is 0 Å². The normalized spacial score (nSPS) is 17.5. The minimum atomic E-state index is -0.0845. The zero-order valence-electron chi connectivity index (χ0n) is 20.5. The van der Waals surface area contributed by atoms with Crippen LogP contribution in [0.25, 0.3) is 5.69 Å². The third-order valence-corrected chi connectivity index (χ3v) is 7.16. The van der Waals surface area contributed by atoms with Gasteiger partial charge in [-0.05, 0) is 94.0 Å². The molecule has 5 nitrogen and oxygen atoms in total. The summed E-state index contributed by atoms with van der Waals surface area (Å²) in [5, 5.41) is 4.28. The molecule has 4 aromatic rings. The van der Waals surface area contributed by atoms with Gasteiger partial charge in [-0.15, -0.1) is 0 Å². The number of para-hydroxylation sites is 1. The van der Waals surface area contributed by atoms with Gasteiger partial charge in [-0.1, -0.05) is 24.3 Å². The van der Waals surface area contributed by atoms with Gasteiger partial charge in [0.15, 0.2) is 5.11 Å². The molecule has 35 heavy (non-hydrogen) atoms. The SMILES string of the molecule is CCOc1ccc(N2C(=S)NC(c3ccccn3)C2c2c(C)c(C)n(-c3ccccc3)c2C)cc1. The Balaban J connectivity index is 1.68. The molecule has 3 heterocycles. The highest BCUT2D eigenvalue weighted by Gasteiger charge is 2.43. The first kappa shape index (κ1) is 23.1. The fraction of sp³-hybridized carbons (Fsp3) is 0.241. The maximum atomic E-state index is 5.93. The van der Waals surface area contributed by atoms with E-state index in [-0.39, 0.29) is 12.1 Å². The summed E-state index contributed by atoms with van der Waals surface area (Å²) in [4.78, 5) is 6.94. The van der Waals surface area contributed by atoms with Gasteiger partial charge in [0.05, 0.1) is 24.4 Å². The van der Waals surface area contributed by atoms with Crippen LogP contribution in [-0.4, -0.2) is 21.3 Å². The quantitative estimate of drug-likeness (QED) is 0.323. The van der Waals surface area contributed by atoms with E-state index in [9.17, 15) is 0 Å². The second-order valence-electron chi connectivity index (χ2n) is 8.80. The number of ether oxygens (including phenoxy) is 1. The van der Waals surface area contributed by atoms with E-state index in [4.69, 9.17) is 21.9 Å². The third kappa shape index (κ3) is 4.08. The van der Waals surface area contributed by atoms with Gasteiger partial charge in [0.25, 0.3) is 0 Å². The Hall–Kier alpha value is -3.64. The predicted molar refractivity (Wildman–Crippen MR) is 146 cm³/mol. The Morgan fingerprint density at radius 2 is 1.60 bits per heavy atom. The molecule has 2 aromatic carbocycles. The van der Waals surface area contributed by atoms with Crippen molar-refractivity contribution >= 4 is 23.0 Å². The van der Waals surface area contributed by atoms with E-state index < -0.39 is 0 Å². The molecule has 5 rings (SSSR count). The Morgan fingerprint density at radius 3 is 2.26 bits per heavy atom. The zero-order chi connectivity index (χ0) is 24.5. The topological polar surface area (TPSA) is 42.3 Å². The van der Waals surface area contributed by atoms with E-state index in [1.165, 1.54) is 22.5 Å². The lowest BCUT2D eigenvalue weighted by Gasteiger charge is -2.29. The number of nitrogens with one attached hydrogen (secondary N) is 1. The fourth-order valence-electron chi connectivity index (χ4n) is 5.20. The van der Waals surface area contributed by atoms with Gasteiger partial charge in [0, 0.05) is 34.5 Å². The van der Waals surface area contributed by atoms with E-state index in [0.29, 0.717) is 11.7 Å². The monoisotopic (exact) mass is 482 g/mol. The molecule has 0 radical (unpaired) electrons. The second-order valence-corrected chi connectivity index (χ2v) is 9.19. The van der Waals surface area contributed by atoms with Crippen LogP contribution in [0.15, 0.2) is 79.0 Å². The molecule has 1 aliphatic heterocycles. The van der Waals surface area contributed by atoms with Crippen molar-refractivity contribution in [1.82, 2.24) is 14.9 Å². The molecule has 0 aliphatic carbocycles. The summed E-state index contributed by atoms with van der Waals surface area (Å²) in [6.07, 6.45) is 1.84. The number of rotatable bonds is 6. The summed E-state index contributed by atoms with van der Waals surface area (Å²) in [5.41, 5.74) is 8.12. The van der Waals surface area contributed by atoms with Crippen molar-refractivity contribution in [2.24, 2.45) is 0 Å². The molecule has 2 unspecified atom stereocenters. The van der Waals surface area contributed by atoms with E-state index in [1.807, 2.05) is 37.4 Å². The molecule has 0 saturated carbocycles. The first-order valence-corrected chi connectivity index (χ1v) is 12.4. The summed E-state index contributed by atoms with van der Waals surface area (Å²) in [6.45, 7) is 9.24. The van der Waals surface area contributed by atoms with Gasteiger partial charge < -0.3 is 19.5 Å². The number of pyridine rings is 1. The Morgan fingerprint density at radius 1 is 0.886 bits per heavy atom. The second kappa shape index (κ2) is 9.55. The highest BCUT2D eigenvalue weighted by Crippen LogP contribution is 2.45. The third-order valence-electron chi connectivity index (χ3n) is 6.84. The minimum Gasteiger partial charge on any atom is -0.494 e. The van der Waals surface area contributed by atoms with Crippen LogP contribution < -0.4 is 15.0 Å². The van der Waals surface area contributed by atoms with Crippen LogP contribution in [0, 0.1) is 20.8 Å². The number of hydrogen-bond acceptors (Lipinski definition) is 3. The molecule has 178 valence electrons. The summed E-state index contributed by atoms with van der Waals surface area (Å²) >= 11 is 5.93. The molecule has 1 aliphatic rings. The molecule has 1 N–H and O–H groups in total. The number of anilines is 1. The van der Waals surface area contributed by atoms with Crippen molar-refractivity contribution in [2.45, 2.75) is 39.8 Å². The van der Waals surface area contributed by atoms with E-state index in [0.717, 1.165) is 22.8 Å². The van der Waals surface area contributed by atoms with Gasteiger partial charge in [0.1, 0.15) is 5.75 Å². The van der Waals surface area contributed by atoms with Crippen LogP contribution in [0.1, 0.15) is 47.2 Å². The first-order chi connectivity index (χ1) is 17.0. The molecule has 2 aromatic heterocycles. The van der Waals surface area contributed by atoms with Crippen LogP contribution in [0.2, 0.25) is 0 Å². The highest BCUT2D eigenvalue weighted by molar-refractivity contribution is 7.80. The number of aromatic nitrogens is 2. The standard InChI is InChI=1S/C29H30N4OS/c1-5-34-24-16-14-23(15-17-24)33-28(27(31-29(33)35)25-13-9-10-18-30-25)26-19(2)20(3)32(21(26)4)22-11-7-6-8-12-22/h6-18,27-28H,5H2,1-4H3,(H,31,35). The lowest BCUT2D eigenvalue weighted by Crippen LogP contribution is -2.29. The smallest absolute Gasteiger partial charge is 0.174 e. The predicted octanol–water partition coefficient (Wildman–Crippen LogP) is 6.37. The average Bonchev–Trinajstić information content (AvgIpc) is 3.33. The largest absolute Gasteiger partial charge is 0.494 e. The lowest BCUT2D eigenvalue weighted by molar-refractivity contribution is 0.340. The lowest BCUT2D eigenvalue weighted by atomic mass is 9.93. The van der Waals surface area contributed by atoms with Crippen LogP contribution in [-0.2, 0) is 0 Å². The Bertz CT molecular complexity index is 1330. The number of benzene rings is 2. The molecule has 1 saturated heterocycles. The maximum absolute atomic E-state index is 5.93. The number of hydrogen-bond donors (Lipinski definition) is 1. The average molecular weight is 483 g/mol. The van der Waals surface area contributed by atoms with Crippen molar-refractivity contribution in [3.8, 4) is 11.4 Å². The molecular formula is C29H30N4OS. The van der Waals surface area contributed by atoms with Gasteiger partial charge in [0.2, 0.25) is 0 Å². The number of nitrogens with zero attached hydrogens (tertiary/aromatic N) is 3. The van der Waals surface area contributed by atoms with Gasteiger partial charge in [-0.3, -0.25) is 4.98 Å². The van der Waals surface area contributed by atoms with Crippen molar-refractivity contribution in [2.75, 3.05) is 11.5 Å². The van der Waals surface area contributed by atoms with E-state index >= 15 is 0 Å². The molecule has 6 heteroatoms. The molecule has 0 bridgehead atoms. The van der Waals surface area contributed by atoms with Gasteiger partial charge >= 0.3 is 0 Å². The van der Waals surface area contributed by atoms with Crippen LogP contribution >= 0.6 is 12.2 Å². The fourth-order valence-corrected chi connectivity index (χ4v) is 5.55. The minimum absolute atomic E-state index is 0.0565. The van der Waals surface area contributed by atoms with Crippen molar-refractivity contribution < 1.29 is 4.74 Å². The Kier molecular flexibility index (Phi) is 6.31. The summed E-state index contributed by atoms with van der Waals surface area (Å²) in [7, 11) is 0. The van der Waals surface area contributed by atoms with Crippen LogP contribution in [0.5, 0.6) is 5.75 Å². The molecule has 2 atom stereocenters. The summed E-state index contributed by atoms with van der Waals surface area (Å²) < 4.78 is 8.02. The molecule has 0 spiro atoms. The zero-order valence-corrected chi connectivity index (χ0v) is 21.3. The van der Waals surface area contributed by atoms with Crippen LogP contribution in [0.4, 0.5) is 5.69 Å².